The van der Waals surface area contributed by atoms with Crippen LogP contribution in [0.3, 0.4) is 0 Å². The summed E-state index contributed by atoms with van der Waals surface area (Å²) in [4.78, 5) is 9.68. The molecule has 0 aromatic heterocycles. The molecule has 0 aliphatic carbocycles. The van der Waals surface area contributed by atoms with Crippen molar-refractivity contribution in [3.63, 3.8) is 0 Å². The van der Waals surface area contributed by atoms with E-state index in [1.54, 1.807) is 0 Å². The van der Waals surface area contributed by atoms with Crippen molar-refractivity contribution in [3.05, 3.63) is 0 Å². The third-order valence-electron chi connectivity index (χ3n) is 1.31. The van der Waals surface area contributed by atoms with E-state index in [1.165, 1.54) is 0 Å². The summed E-state index contributed by atoms with van der Waals surface area (Å²) in [5, 5.41) is 0. The molecular formula is C13H24O3. The highest BCUT2D eigenvalue weighted by Crippen LogP contribution is 2.08. The van der Waals surface area contributed by atoms with Gasteiger partial charge < -0.3 is 9.47 Å². The van der Waals surface area contributed by atoms with E-state index in [9.17, 15) is 4.79 Å². The minimum Gasteiger partial charge on any atom is -0.353 e. The Balaban J connectivity index is 0. The molecule has 0 aliphatic heterocycles. The number of carbonyl (C=O) groups is 1. The number of hydrogen-bond acceptors (Lipinski definition) is 3. The summed E-state index contributed by atoms with van der Waals surface area (Å²) in [6.45, 7) is 13.1. The molecule has 0 rings (SSSR count). The molecule has 0 aliphatic rings. The van der Waals surface area contributed by atoms with Crippen LogP contribution in [-0.4, -0.2) is 25.8 Å². The topological polar surface area (TPSA) is 35.5 Å². The monoisotopic (exact) mass is 228 g/mol. The summed E-state index contributed by atoms with van der Waals surface area (Å²) >= 11 is 0. The SMILES string of the molecule is CC(C)(C)C#CC=O.CCOC(C)OCC. The minimum atomic E-state index is -0.0408. The van der Waals surface area contributed by atoms with E-state index in [-0.39, 0.29) is 11.7 Å². The lowest BCUT2D eigenvalue weighted by atomic mass is 9.98. The first-order valence-corrected chi connectivity index (χ1v) is 5.56. The second-order valence-electron chi connectivity index (χ2n) is 4.12. The Morgan fingerprint density at radius 2 is 1.62 bits per heavy atom. The number of ether oxygens (including phenoxy) is 2. The van der Waals surface area contributed by atoms with Gasteiger partial charge in [0.25, 0.3) is 0 Å². The molecule has 0 atom stereocenters. The molecule has 0 aromatic carbocycles. The molecule has 0 aromatic rings. The summed E-state index contributed by atoms with van der Waals surface area (Å²) in [5.74, 6) is 5.11. The molecule has 0 N–H and O–H groups in total. The van der Waals surface area contributed by atoms with Crippen molar-refractivity contribution in [1.29, 1.82) is 0 Å². The third-order valence-corrected chi connectivity index (χ3v) is 1.31. The van der Waals surface area contributed by atoms with E-state index in [2.05, 4.69) is 11.8 Å². The lowest BCUT2D eigenvalue weighted by molar-refractivity contribution is -0.123. The first-order valence-electron chi connectivity index (χ1n) is 5.56. The van der Waals surface area contributed by atoms with Crippen LogP contribution >= 0.6 is 0 Å². The molecule has 0 saturated carbocycles. The molecule has 0 unspecified atom stereocenters. The van der Waals surface area contributed by atoms with Gasteiger partial charge in [0.15, 0.2) is 12.6 Å². The van der Waals surface area contributed by atoms with Crippen LogP contribution in [0.25, 0.3) is 0 Å². The van der Waals surface area contributed by atoms with E-state index in [0.29, 0.717) is 6.29 Å². The Hall–Kier alpha value is -0.850. The highest BCUT2D eigenvalue weighted by Gasteiger charge is 2.02. The summed E-state index contributed by atoms with van der Waals surface area (Å²) in [6.07, 6.45) is 0.579. The summed E-state index contributed by atoms with van der Waals surface area (Å²) in [5.41, 5.74) is -0.0408. The Morgan fingerprint density at radius 1 is 1.19 bits per heavy atom. The minimum absolute atomic E-state index is 0.0370. The Morgan fingerprint density at radius 3 is 1.81 bits per heavy atom. The van der Waals surface area contributed by atoms with Gasteiger partial charge in [-0.05, 0) is 47.5 Å². The molecule has 0 saturated heterocycles. The number of aldehydes is 1. The van der Waals surface area contributed by atoms with Gasteiger partial charge in [-0.2, -0.15) is 0 Å². The number of hydrogen-bond donors (Lipinski definition) is 0. The van der Waals surface area contributed by atoms with Gasteiger partial charge in [-0.1, -0.05) is 5.92 Å². The van der Waals surface area contributed by atoms with Crippen molar-refractivity contribution in [2.75, 3.05) is 13.2 Å². The first-order chi connectivity index (χ1) is 7.37. The zero-order chi connectivity index (χ0) is 13.0. The van der Waals surface area contributed by atoms with Gasteiger partial charge in [-0.15, -0.1) is 0 Å². The van der Waals surface area contributed by atoms with Gasteiger partial charge in [-0.3, -0.25) is 4.79 Å². The molecule has 0 bridgehead atoms. The lowest BCUT2D eigenvalue weighted by Gasteiger charge is -2.09. The molecule has 0 spiro atoms. The summed E-state index contributed by atoms with van der Waals surface area (Å²) in [6, 6.07) is 0. The van der Waals surface area contributed by atoms with Crippen LogP contribution in [0.2, 0.25) is 0 Å². The Bertz CT molecular complexity index is 212. The normalized spacial score (nSPS) is 9.94. The standard InChI is InChI=1S/C7H10O.C6H14O2/c1-7(2,3)5-4-6-8;1-4-7-6(3)8-5-2/h6H,1-3H3;6H,4-5H2,1-3H3. The zero-order valence-corrected chi connectivity index (χ0v) is 11.3. The lowest BCUT2D eigenvalue weighted by Crippen LogP contribution is -2.11. The molecule has 0 radical (unpaired) electrons. The fraction of sp³-hybridized carbons (Fsp3) is 0.769. The van der Waals surface area contributed by atoms with Crippen LogP contribution in [0.4, 0.5) is 0 Å². The van der Waals surface area contributed by atoms with Gasteiger partial charge in [0, 0.05) is 18.6 Å². The first kappa shape index (κ1) is 17.5. The fourth-order valence-corrected chi connectivity index (χ4v) is 0.763. The van der Waals surface area contributed by atoms with E-state index in [1.807, 2.05) is 41.5 Å². The number of rotatable bonds is 4. The smallest absolute Gasteiger partial charge is 0.192 e. The second kappa shape index (κ2) is 10.7. The van der Waals surface area contributed by atoms with Crippen molar-refractivity contribution in [2.24, 2.45) is 5.41 Å². The van der Waals surface area contributed by atoms with Crippen LogP contribution in [0.5, 0.6) is 0 Å². The average Bonchev–Trinajstić information content (AvgIpc) is 2.15. The van der Waals surface area contributed by atoms with Gasteiger partial charge in [0.2, 0.25) is 0 Å². The molecule has 0 amide bonds. The van der Waals surface area contributed by atoms with Crippen molar-refractivity contribution < 1.29 is 14.3 Å². The third kappa shape index (κ3) is 18.8. The van der Waals surface area contributed by atoms with Crippen LogP contribution in [0, 0.1) is 17.3 Å². The molecule has 16 heavy (non-hydrogen) atoms. The zero-order valence-electron chi connectivity index (χ0n) is 11.3. The molecule has 3 nitrogen and oxygen atoms in total. The van der Waals surface area contributed by atoms with Crippen LogP contribution in [0.15, 0.2) is 0 Å². The average molecular weight is 228 g/mol. The molecule has 0 fully saturated rings. The van der Waals surface area contributed by atoms with Gasteiger partial charge >= 0.3 is 0 Å². The predicted octanol–water partition coefficient (Wildman–Crippen LogP) is 2.64. The van der Waals surface area contributed by atoms with Crippen molar-refractivity contribution in [2.45, 2.75) is 47.8 Å². The molecule has 0 heterocycles. The quantitative estimate of drug-likeness (QED) is 0.421. The van der Waals surface area contributed by atoms with Crippen LogP contribution < -0.4 is 0 Å². The summed E-state index contributed by atoms with van der Waals surface area (Å²) < 4.78 is 10.1. The Labute approximate surface area is 99.5 Å². The molecule has 94 valence electrons. The van der Waals surface area contributed by atoms with Gasteiger partial charge in [0.05, 0.1) is 0 Å². The maximum absolute atomic E-state index is 9.68. The van der Waals surface area contributed by atoms with Crippen LogP contribution in [0.1, 0.15) is 41.5 Å². The maximum Gasteiger partial charge on any atom is 0.192 e. The summed E-state index contributed by atoms with van der Waals surface area (Å²) in [7, 11) is 0. The molecular weight excluding hydrogens is 204 g/mol. The fourth-order valence-electron chi connectivity index (χ4n) is 0.763. The maximum atomic E-state index is 9.68. The van der Waals surface area contributed by atoms with E-state index in [4.69, 9.17) is 9.47 Å². The van der Waals surface area contributed by atoms with Crippen molar-refractivity contribution >= 4 is 6.29 Å². The van der Waals surface area contributed by atoms with Crippen LogP contribution in [-0.2, 0) is 14.3 Å². The molecule has 3 heteroatoms. The van der Waals surface area contributed by atoms with Gasteiger partial charge in [-0.25, -0.2) is 0 Å². The highest BCUT2D eigenvalue weighted by molar-refractivity contribution is 5.72. The highest BCUT2D eigenvalue weighted by atomic mass is 16.7. The van der Waals surface area contributed by atoms with E-state index < -0.39 is 0 Å². The van der Waals surface area contributed by atoms with E-state index in [0.717, 1.165) is 13.2 Å². The van der Waals surface area contributed by atoms with Gasteiger partial charge in [0.1, 0.15) is 0 Å². The Kier molecular flexibility index (Phi) is 11.7. The number of carbonyl (C=O) groups excluding carboxylic acids is 1. The van der Waals surface area contributed by atoms with Crippen molar-refractivity contribution in [1.82, 2.24) is 0 Å². The van der Waals surface area contributed by atoms with Crippen molar-refractivity contribution in [3.8, 4) is 11.8 Å². The predicted molar refractivity (Wildman–Crippen MR) is 66.0 cm³/mol. The largest absolute Gasteiger partial charge is 0.353 e. The van der Waals surface area contributed by atoms with E-state index >= 15 is 0 Å². The second-order valence-corrected chi connectivity index (χ2v) is 4.12.